The zero-order valence-electron chi connectivity index (χ0n) is 19.6. The molecule has 3 aromatic carbocycles. The van der Waals surface area contributed by atoms with Crippen LogP contribution >= 0.6 is 0 Å². The first-order valence-corrected chi connectivity index (χ1v) is 10.8. The molecule has 8 nitrogen and oxygen atoms in total. The van der Waals surface area contributed by atoms with Gasteiger partial charge in [0.25, 0.3) is 0 Å². The van der Waals surface area contributed by atoms with Crippen LogP contribution in [-0.2, 0) is 16.1 Å². The highest BCUT2D eigenvalue weighted by Crippen LogP contribution is 2.31. The molecule has 8 heteroatoms. The second-order valence-electron chi connectivity index (χ2n) is 7.47. The van der Waals surface area contributed by atoms with E-state index in [-0.39, 0.29) is 17.0 Å². The number of hydrogen-bond acceptors (Lipinski definition) is 7. The van der Waals surface area contributed by atoms with E-state index in [1.165, 1.54) is 18.9 Å². The maximum Gasteiger partial charge on any atom is 0.357 e. The number of ether oxygens (including phenoxy) is 4. The van der Waals surface area contributed by atoms with E-state index in [1.54, 1.807) is 43.5 Å². The third-order valence-electron chi connectivity index (χ3n) is 5.30. The van der Waals surface area contributed by atoms with Crippen molar-refractivity contribution in [2.24, 2.45) is 0 Å². The van der Waals surface area contributed by atoms with Gasteiger partial charge in [0.1, 0.15) is 29.4 Å². The summed E-state index contributed by atoms with van der Waals surface area (Å²) in [5.41, 5.74) is 2.36. The van der Waals surface area contributed by atoms with Gasteiger partial charge >= 0.3 is 11.9 Å². The van der Waals surface area contributed by atoms with Crippen molar-refractivity contribution in [2.45, 2.75) is 6.61 Å². The number of para-hydroxylation sites is 1. The monoisotopic (exact) mass is 472 g/mol. The van der Waals surface area contributed by atoms with Crippen LogP contribution in [0.15, 0.2) is 78.9 Å². The predicted molar refractivity (Wildman–Crippen MR) is 129 cm³/mol. The topological polar surface area (TPSA) is 88.9 Å². The molecule has 0 aliphatic rings. The molecule has 4 rings (SSSR count). The number of hydrogen-bond donors (Lipinski definition) is 0. The van der Waals surface area contributed by atoms with E-state index in [0.29, 0.717) is 23.6 Å². The summed E-state index contributed by atoms with van der Waals surface area (Å²) in [6.07, 6.45) is 0. The van der Waals surface area contributed by atoms with Crippen LogP contribution < -0.4 is 9.47 Å². The molecule has 0 aliphatic carbocycles. The number of rotatable bonds is 8. The van der Waals surface area contributed by atoms with Crippen molar-refractivity contribution in [1.29, 1.82) is 0 Å². The largest absolute Gasteiger partial charge is 0.497 e. The fourth-order valence-corrected chi connectivity index (χ4v) is 3.62. The van der Waals surface area contributed by atoms with Crippen molar-refractivity contribution in [2.75, 3.05) is 21.3 Å². The van der Waals surface area contributed by atoms with E-state index in [2.05, 4.69) is 5.10 Å². The van der Waals surface area contributed by atoms with Crippen molar-refractivity contribution < 1.29 is 28.5 Å². The molecule has 178 valence electrons. The summed E-state index contributed by atoms with van der Waals surface area (Å²) in [4.78, 5) is 25.6. The van der Waals surface area contributed by atoms with Gasteiger partial charge in [0.2, 0.25) is 0 Å². The first-order chi connectivity index (χ1) is 17.0. The van der Waals surface area contributed by atoms with Gasteiger partial charge < -0.3 is 18.9 Å². The molecule has 0 saturated heterocycles. The number of esters is 2. The molecule has 0 atom stereocenters. The zero-order chi connectivity index (χ0) is 24.8. The molecular formula is C27H24N2O6. The van der Waals surface area contributed by atoms with Gasteiger partial charge in [-0.05, 0) is 42.0 Å². The molecule has 1 heterocycles. The quantitative estimate of drug-likeness (QED) is 0.344. The average Bonchev–Trinajstić information content (AvgIpc) is 3.32. The van der Waals surface area contributed by atoms with E-state index in [0.717, 1.165) is 11.3 Å². The third kappa shape index (κ3) is 5.01. The van der Waals surface area contributed by atoms with Crippen LogP contribution in [-0.4, -0.2) is 43.0 Å². The van der Waals surface area contributed by atoms with Gasteiger partial charge in [-0.3, -0.25) is 0 Å². The number of nitrogens with zero attached hydrogens (tertiary/aromatic N) is 2. The Hall–Kier alpha value is -4.59. The van der Waals surface area contributed by atoms with Crippen LogP contribution in [0.25, 0.3) is 16.9 Å². The van der Waals surface area contributed by atoms with Gasteiger partial charge in [0, 0.05) is 5.56 Å². The van der Waals surface area contributed by atoms with Gasteiger partial charge in [-0.25, -0.2) is 14.3 Å². The third-order valence-corrected chi connectivity index (χ3v) is 5.30. The highest BCUT2D eigenvalue weighted by atomic mass is 16.5. The Morgan fingerprint density at radius 1 is 0.800 bits per heavy atom. The molecule has 0 bridgehead atoms. The summed E-state index contributed by atoms with van der Waals surface area (Å²) in [5.74, 6) is -0.108. The van der Waals surface area contributed by atoms with Crippen molar-refractivity contribution in [1.82, 2.24) is 9.78 Å². The fourth-order valence-electron chi connectivity index (χ4n) is 3.62. The highest BCUT2D eigenvalue weighted by molar-refractivity contribution is 6.06. The maximum atomic E-state index is 12.8. The maximum absolute atomic E-state index is 12.8. The number of carbonyl (C=O) groups excluding carboxylic acids is 2. The summed E-state index contributed by atoms with van der Waals surface area (Å²) in [6, 6.07) is 23.7. The molecule has 0 N–H and O–H groups in total. The molecule has 35 heavy (non-hydrogen) atoms. The first-order valence-electron chi connectivity index (χ1n) is 10.8. The van der Waals surface area contributed by atoms with Crippen molar-refractivity contribution in [3.63, 3.8) is 0 Å². The van der Waals surface area contributed by atoms with Gasteiger partial charge in [0.05, 0.1) is 27.0 Å². The molecule has 1 aromatic heterocycles. The van der Waals surface area contributed by atoms with E-state index in [9.17, 15) is 9.59 Å². The molecule has 0 amide bonds. The Morgan fingerprint density at radius 2 is 1.51 bits per heavy atom. The minimum absolute atomic E-state index is 0.00755. The minimum Gasteiger partial charge on any atom is -0.497 e. The van der Waals surface area contributed by atoms with Crippen LogP contribution in [0, 0.1) is 0 Å². The lowest BCUT2D eigenvalue weighted by Gasteiger charge is -2.09. The highest BCUT2D eigenvalue weighted by Gasteiger charge is 2.31. The normalized spacial score (nSPS) is 10.5. The summed E-state index contributed by atoms with van der Waals surface area (Å²) in [7, 11) is 4.11. The Labute approximate surface area is 202 Å². The van der Waals surface area contributed by atoms with Crippen LogP contribution in [0.5, 0.6) is 11.5 Å². The summed E-state index contributed by atoms with van der Waals surface area (Å²) >= 11 is 0. The van der Waals surface area contributed by atoms with Crippen LogP contribution in [0.1, 0.15) is 26.4 Å². The molecule has 0 saturated carbocycles. The van der Waals surface area contributed by atoms with Gasteiger partial charge in [-0.1, -0.05) is 42.5 Å². The molecule has 0 fully saturated rings. The minimum atomic E-state index is -0.710. The number of carbonyl (C=O) groups is 2. The Morgan fingerprint density at radius 3 is 2.23 bits per heavy atom. The van der Waals surface area contributed by atoms with Crippen LogP contribution in [0.2, 0.25) is 0 Å². The lowest BCUT2D eigenvalue weighted by atomic mass is 10.1. The van der Waals surface area contributed by atoms with Gasteiger partial charge in [0.15, 0.2) is 5.69 Å². The molecular weight excluding hydrogens is 448 g/mol. The van der Waals surface area contributed by atoms with E-state index in [4.69, 9.17) is 18.9 Å². The number of methoxy groups -OCH3 is 3. The summed E-state index contributed by atoms with van der Waals surface area (Å²) < 4.78 is 22.6. The Bertz CT molecular complexity index is 1350. The van der Waals surface area contributed by atoms with Gasteiger partial charge in [-0.15, -0.1) is 0 Å². The SMILES string of the molecule is COC(=O)c1c(-c2cccc(OCc3cccc(OC)c3)c2)nn(-c2ccccc2)c1C(=O)OC. The molecule has 0 unspecified atom stereocenters. The first kappa shape index (κ1) is 23.6. The van der Waals surface area contributed by atoms with E-state index in [1.807, 2.05) is 42.5 Å². The molecule has 4 aromatic rings. The van der Waals surface area contributed by atoms with Crippen LogP contribution in [0.4, 0.5) is 0 Å². The lowest BCUT2D eigenvalue weighted by Crippen LogP contribution is -2.15. The van der Waals surface area contributed by atoms with Crippen molar-refractivity contribution >= 4 is 11.9 Å². The van der Waals surface area contributed by atoms with Crippen LogP contribution in [0.3, 0.4) is 0 Å². The van der Waals surface area contributed by atoms with Crippen molar-refractivity contribution in [3.05, 3.63) is 95.7 Å². The summed E-state index contributed by atoms with van der Waals surface area (Å²) in [6.45, 7) is 0.316. The van der Waals surface area contributed by atoms with Crippen molar-refractivity contribution in [3.8, 4) is 28.4 Å². The Kier molecular flexibility index (Phi) is 7.11. The van der Waals surface area contributed by atoms with Gasteiger partial charge in [-0.2, -0.15) is 5.10 Å². The zero-order valence-corrected chi connectivity index (χ0v) is 19.6. The smallest absolute Gasteiger partial charge is 0.357 e. The fraction of sp³-hybridized carbons (Fsp3) is 0.148. The predicted octanol–water partition coefficient (Wildman–Crippen LogP) is 4.70. The van der Waals surface area contributed by atoms with E-state index >= 15 is 0 Å². The standard InChI is InChI=1S/C27H24N2O6/c1-32-21-13-7-9-18(15-21)17-35-22-14-8-10-19(16-22)24-23(26(30)33-2)25(27(31)34-3)29(28-24)20-11-5-4-6-12-20/h4-16H,17H2,1-3H3. The number of benzene rings is 3. The second-order valence-corrected chi connectivity index (χ2v) is 7.47. The second kappa shape index (κ2) is 10.6. The van der Waals surface area contributed by atoms with E-state index < -0.39 is 11.9 Å². The molecule has 0 spiro atoms. The number of aromatic nitrogens is 2. The Balaban J connectivity index is 1.77. The average molecular weight is 472 g/mol. The molecule has 0 radical (unpaired) electrons. The summed E-state index contributed by atoms with van der Waals surface area (Å²) in [5, 5.41) is 4.61. The lowest BCUT2D eigenvalue weighted by molar-refractivity contribution is 0.0549. The molecule has 0 aliphatic heterocycles.